The molecule has 0 bridgehead atoms. The number of allylic oxidation sites excluding steroid dienone is 4. The van der Waals surface area contributed by atoms with Crippen molar-refractivity contribution in [2.75, 3.05) is 0 Å². The Morgan fingerprint density at radius 2 is 0.932 bits per heavy atom. The minimum Gasteiger partial charge on any atom is -0.256 e. The molecule has 0 aliphatic rings. The van der Waals surface area contributed by atoms with Crippen LogP contribution in [-0.2, 0) is 6.42 Å². The molecule has 0 aliphatic carbocycles. The van der Waals surface area contributed by atoms with Crippen LogP contribution >= 0.6 is 0 Å². The molecule has 0 unspecified atom stereocenters. The van der Waals surface area contributed by atoms with Gasteiger partial charge in [-0.25, -0.2) is 9.97 Å². The van der Waals surface area contributed by atoms with Crippen LogP contribution in [0.15, 0.2) is 128 Å². The highest BCUT2D eigenvalue weighted by Crippen LogP contribution is 2.31. The molecular formula is C53H62N6. The zero-order valence-electron chi connectivity index (χ0n) is 37.8. The molecule has 2 aromatic heterocycles. The largest absolute Gasteiger partial charge is 0.256 e. The van der Waals surface area contributed by atoms with Gasteiger partial charge in [-0.05, 0) is 169 Å². The number of aromatic nitrogens is 2. The van der Waals surface area contributed by atoms with E-state index in [2.05, 4.69) is 123 Å². The Morgan fingerprint density at radius 3 is 1.34 bits per heavy atom. The minimum atomic E-state index is 0.491. The Labute approximate surface area is 353 Å². The van der Waals surface area contributed by atoms with Crippen LogP contribution in [0.25, 0.3) is 0 Å². The number of pyridine rings is 2. The van der Waals surface area contributed by atoms with Gasteiger partial charge in [-0.15, -0.1) is 0 Å². The number of benzene rings is 3. The van der Waals surface area contributed by atoms with Crippen molar-refractivity contribution in [2.45, 2.75) is 109 Å². The van der Waals surface area contributed by atoms with Crippen molar-refractivity contribution in [1.29, 1.82) is 0 Å². The summed E-state index contributed by atoms with van der Waals surface area (Å²) in [6, 6.07) is 29.6. The second-order valence-electron chi connectivity index (χ2n) is 16.6. The van der Waals surface area contributed by atoms with Gasteiger partial charge in [-0.3, -0.25) is 20.0 Å². The predicted octanol–water partition coefficient (Wildman–Crippen LogP) is 14.2. The average Bonchev–Trinajstić information content (AvgIpc) is 3.19. The summed E-state index contributed by atoms with van der Waals surface area (Å²) >= 11 is 0. The molecule has 0 saturated carbocycles. The zero-order valence-corrected chi connectivity index (χ0v) is 37.8. The van der Waals surface area contributed by atoms with Crippen LogP contribution in [0.1, 0.15) is 137 Å². The zero-order chi connectivity index (χ0) is 43.0. The van der Waals surface area contributed by atoms with Crippen LogP contribution in [0.2, 0.25) is 0 Å². The van der Waals surface area contributed by atoms with Gasteiger partial charge in [-0.1, -0.05) is 87.9 Å². The highest BCUT2D eigenvalue weighted by molar-refractivity contribution is 6.03. The molecule has 59 heavy (non-hydrogen) atoms. The van der Waals surface area contributed by atoms with Gasteiger partial charge in [0.25, 0.3) is 0 Å². The van der Waals surface area contributed by atoms with E-state index >= 15 is 0 Å². The molecule has 5 rings (SSSR count). The fraction of sp³-hybridized carbons (Fsp3) is 0.321. The van der Waals surface area contributed by atoms with E-state index in [9.17, 15) is 0 Å². The molecule has 0 amide bonds. The van der Waals surface area contributed by atoms with Crippen molar-refractivity contribution in [1.82, 2.24) is 9.97 Å². The molecule has 0 spiro atoms. The van der Waals surface area contributed by atoms with Crippen LogP contribution in [-0.4, -0.2) is 32.8 Å². The highest BCUT2D eigenvalue weighted by Gasteiger charge is 2.12. The summed E-state index contributed by atoms with van der Waals surface area (Å²) in [6.45, 7) is 29.6. The van der Waals surface area contributed by atoms with Crippen molar-refractivity contribution >= 4 is 39.9 Å². The van der Waals surface area contributed by atoms with Gasteiger partial charge < -0.3 is 0 Å². The molecule has 6 heteroatoms. The lowest BCUT2D eigenvalue weighted by molar-refractivity contribution is 0.769. The highest BCUT2D eigenvalue weighted by atomic mass is 14.8. The fourth-order valence-electron chi connectivity index (χ4n) is 7.00. The number of nitrogens with zero attached hydrogens (tertiary/aromatic N) is 6. The summed E-state index contributed by atoms with van der Waals surface area (Å²) in [7, 11) is 0. The number of hydrogen-bond donors (Lipinski definition) is 0. The second kappa shape index (κ2) is 19.7. The first-order chi connectivity index (χ1) is 28.0. The second-order valence-corrected chi connectivity index (χ2v) is 16.6. The van der Waals surface area contributed by atoms with Crippen LogP contribution in [0.3, 0.4) is 0 Å². The quantitative estimate of drug-likeness (QED) is 0.0881. The summed E-state index contributed by atoms with van der Waals surface area (Å²) in [4.78, 5) is 29.8. The van der Waals surface area contributed by atoms with Gasteiger partial charge in [-0.2, -0.15) is 0 Å². The predicted molar refractivity (Wildman–Crippen MR) is 254 cm³/mol. The van der Waals surface area contributed by atoms with E-state index in [4.69, 9.17) is 29.9 Å². The third-order valence-electron chi connectivity index (χ3n) is 10.7. The Kier molecular flexibility index (Phi) is 14.8. The molecule has 6 nitrogen and oxygen atoms in total. The smallest absolute Gasteiger partial charge is 0.0849 e. The van der Waals surface area contributed by atoms with Crippen molar-refractivity contribution in [3.8, 4) is 0 Å². The summed E-state index contributed by atoms with van der Waals surface area (Å²) in [6.07, 6.45) is 5.04. The first kappa shape index (κ1) is 44.2. The number of hydrogen-bond acceptors (Lipinski definition) is 6. The van der Waals surface area contributed by atoms with Crippen molar-refractivity contribution in [3.05, 3.63) is 170 Å². The fourth-order valence-corrected chi connectivity index (χ4v) is 7.00. The van der Waals surface area contributed by atoms with Gasteiger partial charge in [0.2, 0.25) is 0 Å². The summed E-state index contributed by atoms with van der Waals surface area (Å²) < 4.78 is 0. The third-order valence-corrected chi connectivity index (χ3v) is 10.7. The molecular weight excluding hydrogens is 721 g/mol. The van der Waals surface area contributed by atoms with Gasteiger partial charge >= 0.3 is 0 Å². The minimum absolute atomic E-state index is 0.491. The molecule has 5 aromatic rings. The van der Waals surface area contributed by atoms with Crippen LogP contribution in [0, 0.1) is 33.6 Å². The maximum atomic E-state index is 5.11. The Morgan fingerprint density at radius 1 is 0.525 bits per heavy atom. The van der Waals surface area contributed by atoms with E-state index in [1.807, 2.05) is 71.0 Å². The summed E-state index contributed by atoms with van der Waals surface area (Å²) in [5.41, 5.74) is 20.4. The van der Waals surface area contributed by atoms with E-state index < -0.39 is 0 Å². The lowest BCUT2D eigenvalue weighted by atomic mass is 9.96. The lowest BCUT2D eigenvalue weighted by Gasteiger charge is -2.13. The van der Waals surface area contributed by atoms with E-state index in [1.165, 1.54) is 22.3 Å². The van der Waals surface area contributed by atoms with Crippen LogP contribution in [0.4, 0.5) is 17.1 Å². The number of aliphatic imine (C=N–C) groups is 4. The first-order valence-electron chi connectivity index (χ1n) is 20.8. The van der Waals surface area contributed by atoms with Crippen LogP contribution in [0.5, 0.6) is 0 Å². The average molecular weight is 783 g/mol. The SMILES string of the molecule is CC(=N/C(C)=C/C=C(\C)C(C)C)c1cccc(C(C)=Nc2c(C)cc(Cc3cc(C)c(N=C(C)c4cccc(C(C)=Nc5ccc(C(C)C)cc5)n4)c(C)c3)cc2C)n1. The molecule has 0 aliphatic heterocycles. The maximum absolute atomic E-state index is 5.11. The third kappa shape index (κ3) is 11.8. The molecule has 0 radical (unpaired) electrons. The molecule has 0 N–H and O–H groups in total. The summed E-state index contributed by atoms with van der Waals surface area (Å²) in [5.74, 6) is 1.00. The summed E-state index contributed by atoms with van der Waals surface area (Å²) in [5, 5.41) is 0. The van der Waals surface area contributed by atoms with Crippen molar-refractivity contribution < 1.29 is 0 Å². The van der Waals surface area contributed by atoms with Gasteiger partial charge in [0.05, 0.1) is 62.7 Å². The van der Waals surface area contributed by atoms with Crippen molar-refractivity contribution in [3.63, 3.8) is 0 Å². The first-order valence-corrected chi connectivity index (χ1v) is 20.8. The Balaban J connectivity index is 1.31. The van der Waals surface area contributed by atoms with E-state index in [-0.39, 0.29) is 0 Å². The van der Waals surface area contributed by atoms with E-state index in [1.54, 1.807) is 0 Å². The van der Waals surface area contributed by atoms with E-state index in [0.717, 1.165) is 97.1 Å². The monoisotopic (exact) mass is 783 g/mol. The topological polar surface area (TPSA) is 75.2 Å². The van der Waals surface area contributed by atoms with Gasteiger partial charge in [0.1, 0.15) is 0 Å². The standard InChI is InChI=1S/C53H62N6/c1-32(2)34(5)21-22-39(10)54-40(11)48-17-15-19-50(58-48)42(13)56-52-35(6)27-44(28-36(52)7)31-45-29-37(8)53(38(9)30-45)57-43(14)51-20-16-18-49(59-51)41(12)55-47-25-23-46(24-26-47)33(3)4/h15-30,32-33H,31H2,1-14H3/b34-21+,39-22+,54-40?,55-41?,56-42?,57-43?. The van der Waals surface area contributed by atoms with Gasteiger partial charge in [0.15, 0.2) is 0 Å². The van der Waals surface area contributed by atoms with Gasteiger partial charge in [0, 0.05) is 5.70 Å². The number of rotatable bonds is 13. The van der Waals surface area contributed by atoms with Crippen LogP contribution < -0.4 is 0 Å². The normalized spacial score (nSPS) is 13.6. The molecule has 3 aromatic carbocycles. The number of aryl methyl sites for hydroxylation is 4. The molecule has 304 valence electrons. The Bertz CT molecular complexity index is 2460. The van der Waals surface area contributed by atoms with Crippen molar-refractivity contribution in [2.24, 2.45) is 25.9 Å². The molecule has 0 atom stereocenters. The lowest BCUT2D eigenvalue weighted by Crippen LogP contribution is -2.05. The maximum Gasteiger partial charge on any atom is 0.0849 e. The molecule has 2 heterocycles. The van der Waals surface area contributed by atoms with E-state index in [0.29, 0.717) is 11.8 Å². The molecule has 0 fully saturated rings. The Hall–Kier alpha value is -5.88. The molecule has 0 saturated heterocycles.